The lowest BCUT2D eigenvalue weighted by molar-refractivity contribution is -0.123. The van der Waals surface area contributed by atoms with E-state index in [1.807, 2.05) is 38.9 Å². The number of ether oxygens (including phenoxy) is 1. The summed E-state index contributed by atoms with van der Waals surface area (Å²) in [5, 5.41) is 4.69. The average molecular weight is 321 g/mol. The maximum absolute atomic E-state index is 11.9. The predicted octanol–water partition coefficient (Wildman–Crippen LogP) is 1.53. The van der Waals surface area contributed by atoms with E-state index in [0.717, 1.165) is 12.1 Å². The Kier molecular flexibility index (Phi) is 7.05. The van der Waals surface area contributed by atoms with Crippen molar-refractivity contribution in [2.75, 3.05) is 25.6 Å². The van der Waals surface area contributed by atoms with E-state index in [1.165, 1.54) is 0 Å². The van der Waals surface area contributed by atoms with Crippen molar-refractivity contribution >= 4 is 23.6 Å². The number of urea groups is 1. The Bertz CT molecular complexity index is 572. The number of benzene rings is 1. The van der Waals surface area contributed by atoms with Gasteiger partial charge in [0.25, 0.3) is 5.91 Å². The van der Waals surface area contributed by atoms with Crippen LogP contribution in [0, 0.1) is 0 Å². The van der Waals surface area contributed by atoms with Gasteiger partial charge in [0.2, 0.25) is 0 Å². The van der Waals surface area contributed by atoms with E-state index in [4.69, 9.17) is 4.74 Å². The maximum atomic E-state index is 11.9. The molecular formula is C16H23N3O4. The monoisotopic (exact) mass is 321 g/mol. The lowest BCUT2D eigenvalue weighted by Gasteiger charge is -2.13. The quantitative estimate of drug-likeness (QED) is 0.776. The van der Waals surface area contributed by atoms with Gasteiger partial charge in [-0.1, -0.05) is 13.0 Å². The van der Waals surface area contributed by atoms with Crippen LogP contribution < -0.4 is 15.5 Å². The highest BCUT2D eigenvalue weighted by molar-refractivity contribution is 5.97. The van der Waals surface area contributed by atoms with Crippen LogP contribution in [0.2, 0.25) is 0 Å². The van der Waals surface area contributed by atoms with E-state index in [0.29, 0.717) is 5.56 Å². The zero-order chi connectivity index (χ0) is 17.4. The number of hydrogen-bond donors (Lipinski definition) is 2. The second-order valence-electron chi connectivity index (χ2n) is 5.35. The Hall–Kier alpha value is -2.57. The molecule has 0 saturated heterocycles. The summed E-state index contributed by atoms with van der Waals surface area (Å²) in [5.41, 5.74) is 1.19. The molecule has 2 N–H and O–H groups in total. The van der Waals surface area contributed by atoms with Crippen LogP contribution in [0.25, 0.3) is 0 Å². The van der Waals surface area contributed by atoms with Crippen LogP contribution in [0.1, 0.15) is 30.6 Å². The fourth-order valence-corrected chi connectivity index (χ4v) is 1.65. The molecule has 7 nitrogen and oxygen atoms in total. The first-order valence-corrected chi connectivity index (χ1v) is 7.38. The molecule has 1 aromatic rings. The Balaban J connectivity index is 2.48. The number of rotatable bonds is 6. The van der Waals surface area contributed by atoms with Crippen molar-refractivity contribution in [2.45, 2.75) is 26.3 Å². The minimum Gasteiger partial charge on any atom is -0.452 e. The number of hydrogen-bond acceptors (Lipinski definition) is 5. The second-order valence-corrected chi connectivity index (χ2v) is 5.35. The summed E-state index contributed by atoms with van der Waals surface area (Å²) in [5.74, 6) is -1.30. The predicted molar refractivity (Wildman–Crippen MR) is 87.5 cm³/mol. The minimum absolute atomic E-state index is 0.0425. The largest absolute Gasteiger partial charge is 0.452 e. The SMILES string of the molecule is CC[C@@H](C)NC(=O)NC(=O)COC(=O)c1cccc(N(C)C)c1. The molecule has 1 atom stereocenters. The molecule has 1 rings (SSSR count). The van der Waals surface area contributed by atoms with Crippen LogP contribution >= 0.6 is 0 Å². The standard InChI is InChI=1S/C16H23N3O4/c1-5-11(2)17-16(22)18-14(20)10-23-15(21)12-7-6-8-13(9-12)19(3)4/h6-9,11H,5,10H2,1-4H3,(H2,17,18,20,22)/t11-/m1/s1. The Morgan fingerprint density at radius 3 is 2.57 bits per heavy atom. The summed E-state index contributed by atoms with van der Waals surface area (Å²) in [6.07, 6.45) is 0.749. The summed E-state index contributed by atoms with van der Waals surface area (Å²) in [6, 6.07) is 6.20. The van der Waals surface area contributed by atoms with Crippen molar-refractivity contribution in [3.8, 4) is 0 Å². The van der Waals surface area contributed by atoms with E-state index >= 15 is 0 Å². The van der Waals surface area contributed by atoms with Gasteiger partial charge in [0.15, 0.2) is 6.61 Å². The third kappa shape index (κ3) is 6.37. The van der Waals surface area contributed by atoms with Gasteiger partial charge in [-0.15, -0.1) is 0 Å². The first kappa shape index (κ1) is 18.5. The molecule has 0 saturated carbocycles. The van der Waals surface area contributed by atoms with Gasteiger partial charge in [0, 0.05) is 25.8 Å². The van der Waals surface area contributed by atoms with E-state index in [2.05, 4.69) is 10.6 Å². The third-order valence-electron chi connectivity index (χ3n) is 3.18. The highest BCUT2D eigenvalue weighted by Crippen LogP contribution is 2.14. The van der Waals surface area contributed by atoms with Gasteiger partial charge in [-0.3, -0.25) is 10.1 Å². The fourth-order valence-electron chi connectivity index (χ4n) is 1.65. The van der Waals surface area contributed by atoms with Gasteiger partial charge in [-0.2, -0.15) is 0 Å². The van der Waals surface area contributed by atoms with E-state index in [-0.39, 0.29) is 6.04 Å². The second kappa shape index (κ2) is 8.77. The smallest absolute Gasteiger partial charge is 0.338 e. The first-order chi connectivity index (χ1) is 10.8. The number of nitrogens with zero attached hydrogens (tertiary/aromatic N) is 1. The molecular weight excluding hydrogens is 298 g/mol. The summed E-state index contributed by atoms with van der Waals surface area (Å²) in [4.78, 5) is 36.8. The van der Waals surface area contributed by atoms with Crippen LogP contribution in [-0.2, 0) is 9.53 Å². The number of amides is 3. The average Bonchev–Trinajstić information content (AvgIpc) is 2.52. The van der Waals surface area contributed by atoms with Crippen molar-refractivity contribution < 1.29 is 19.1 Å². The number of imide groups is 1. The highest BCUT2D eigenvalue weighted by Gasteiger charge is 2.14. The number of anilines is 1. The van der Waals surface area contributed by atoms with Crippen LogP contribution in [0.15, 0.2) is 24.3 Å². The molecule has 0 heterocycles. The van der Waals surface area contributed by atoms with E-state index < -0.39 is 24.5 Å². The van der Waals surface area contributed by atoms with Crippen molar-refractivity contribution in [3.05, 3.63) is 29.8 Å². The fraction of sp³-hybridized carbons (Fsp3) is 0.438. The number of carbonyl (C=O) groups excluding carboxylic acids is 3. The molecule has 1 aromatic carbocycles. The van der Waals surface area contributed by atoms with Crippen molar-refractivity contribution in [3.63, 3.8) is 0 Å². The van der Waals surface area contributed by atoms with E-state index in [1.54, 1.807) is 18.2 Å². The van der Waals surface area contributed by atoms with Crippen LogP contribution in [-0.4, -0.2) is 44.7 Å². The molecule has 0 aliphatic carbocycles. The molecule has 0 unspecified atom stereocenters. The molecule has 0 aromatic heterocycles. The van der Waals surface area contributed by atoms with Gasteiger partial charge in [0.1, 0.15) is 0 Å². The molecule has 23 heavy (non-hydrogen) atoms. The lowest BCUT2D eigenvalue weighted by Crippen LogP contribution is -2.44. The summed E-state index contributed by atoms with van der Waals surface area (Å²) < 4.78 is 4.91. The van der Waals surface area contributed by atoms with Gasteiger partial charge < -0.3 is 15.0 Å². The molecule has 0 aliphatic heterocycles. The molecule has 0 bridgehead atoms. The van der Waals surface area contributed by atoms with Gasteiger partial charge in [-0.05, 0) is 31.5 Å². The lowest BCUT2D eigenvalue weighted by atomic mass is 10.2. The number of esters is 1. The topological polar surface area (TPSA) is 87.7 Å². The summed E-state index contributed by atoms with van der Waals surface area (Å²) in [6.45, 7) is 3.22. The van der Waals surface area contributed by atoms with Crippen molar-refractivity contribution in [1.29, 1.82) is 0 Å². The highest BCUT2D eigenvalue weighted by atomic mass is 16.5. The normalized spacial score (nSPS) is 11.3. The molecule has 0 aliphatic rings. The Labute approximate surface area is 136 Å². The maximum Gasteiger partial charge on any atom is 0.338 e. The summed E-state index contributed by atoms with van der Waals surface area (Å²) in [7, 11) is 3.71. The summed E-state index contributed by atoms with van der Waals surface area (Å²) >= 11 is 0. The van der Waals surface area contributed by atoms with Crippen molar-refractivity contribution in [1.82, 2.24) is 10.6 Å². The zero-order valence-corrected chi connectivity index (χ0v) is 13.9. The van der Waals surface area contributed by atoms with Gasteiger partial charge in [-0.25, -0.2) is 9.59 Å². The van der Waals surface area contributed by atoms with Gasteiger partial charge in [0.05, 0.1) is 5.56 Å². The zero-order valence-electron chi connectivity index (χ0n) is 13.9. The van der Waals surface area contributed by atoms with E-state index in [9.17, 15) is 14.4 Å². The molecule has 126 valence electrons. The molecule has 0 spiro atoms. The number of nitrogens with one attached hydrogen (secondary N) is 2. The van der Waals surface area contributed by atoms with Crippen LogP contribution in [0.4, 0.5) is 10.5 Å². The van der Waals surface area contributed by atoms with Gasteiger partial charge >= 0.3 is 12.0 Å². The molecule has 7 heteroatoms. The number of carbonyl (C=O) groups is 3. The first-order valence-electron chi connectivity index (χ1n) is 7.38. The Morgan fingerprint density at radius 1 is 1.26 bits per heavy atom. The third-order valence-corrected chi connectivity index (χ3v) is 3.18. The van der Waals surface area contributed by atoms with Crippen LogP contribution in [0.3, 0.4) is 0 Å². The molecule has 0 fully saturated rings. The minimum atomic E-state index is -0.678. The Morgan fingerprint density at radius 2 is 1.96 bits per heavy atom. The molecule has 0 radical (unpaired) electrons. The van der Waals surface area contributed by atoms with Crippen LogP contribution in [0.5, 0.6) is 0 Å². The van der Waals surface area contributed by atoms with Crippen molar-refractivity contribution in [2.24, 2.45) is 0 Å². The molecule has 3 amide bonds.